The van der Waals surface area contributed by atoms with Crippen molar-refractivity contribution in [1.29, 1.82) is 0 Å². The molecule has 0 aliphatic heterocycles. The molecule has 106 valence electrons. The Morgan fingerprint density at radius 3 is 2.47 bits per heavy atom. The van der Waals surface area contributed by atoms with Crippen molar-refractivity contribution in [2.24, 2.45) is 0 Å². The van der Waals surface area contributed by atoms with Crippen molar-refractivity contribution in [2.75, 3.05) is 31.0 Å². The molecule has 0 spiro atoms. The van der Waals surface area contributed by atoms with Gasteiger partial charge in [-0.1, -0.05) is 0 Å². The highest BCUT2D eigenvalue weighted by Gasteiger charge is 2.06. The van der Waals surface area contributed by atoms with Gasteiger partial charge in [-0.15, -0.1) is 0 Å². The Morgan fingerprint density at radius 1 is 1.26 bits per heavy atom. The van der Waals surface area contributed by atoms with Crippen LogP contribution in [0.15, 0.2) is 24.3 Å². The molecule has 0 unspecified atom stereocenters. The van der Waals surface area contributed by atoms with E-state index in [-0.39, 0.29) is 25.4 Å². The standard InChI is InChI=1S/C12H17NO5S/c1-19(15,16)8-2-7-17-12(14)9-18-11-5-3-10(13)4-6-11/h3-6H,2,7-9,13H2,1H3. The number of sulfone groups is 1. The van der Waals surface area contributed by atoms with Crippen LogP contribution in [0, 0.1) is 0 Å². The molecule has 2 N–H and O–H groups in total. The van der Waals surface area contributed by atoms with Gasteiger partial charge >= 0.3 is 5.97 Å². The lowest BCUT2D eigenvalue weighted by atomic mass is 10.3. The zero-order valence-electron chi connectivity index (χ0n) is 10.7. The highest BCUT2D eigenvalue weighted by atomic mass is 32.2. The molecule has 0 aliphatic carbocycles. The minimum absolute atomic E-state index is 0.000894. The van der Waals surface area contributed by atoms with Crippen LogP contribution >= 0.6 is 0 Å². The highest BCUT2D eigenvalue weighted by Crippen LogP contribution is 2.12. The minimum Gasteiger partial charge on any atom is -0.482 e. The molecular formula is C12H17NO5S. The van der Waals surface area contributed by atoms with Crippen LogP contribution in [0.3, 0.4) is 0 Å². The van der Waals surface area contributed by atoms with Crippen molar-refractivity contribution in [1.82, 2.24) is 0 Å². The first-order valence-corrected chi connectivity index (χ1v) is 7.74. The Balaban J connectivity index is 2.19. The van der Waals surface area contributed by atoms with Crippen LogP contribution in [0.5, 0.6) is 5.75 Å². The van der Waals surface area contributed by atoms with Crippen molar-refractivity contribution in [3.05, 3.63) is 24.3 Å². The van der Waals surface area contributed by atoms with Crippen molar-refractivity contribution in [3.8, 4) is 5.75 Å². The zero-order chi connectivity index (χ0) is 14.3. The molecule has 6 nitrogen and oxygen atoms in total. The quantitative estimate of drug-likeness (QED) is 0.449. The minimum atomic E-state index is -3.02. The number of hydrogen-bond donors (Lipinski definition) is 1. The summed E-state index contributed by atoms with van der Waals surface area (Å²) in [5.41, 5.74) is 6.11. The second-order valence-corrected chi connectivity index (χ2v) is 6.32. The summed E-state index contributed by atoms with van der Waals surface area (Å²) in [6.45, 7) is -0.153. The van der Waals surface area contributed by atoms with E-state index in [4.69, 9.17) is 15.2 Å². The maximum atomic E-state index is 11.3. The monoisotopic (exact) mass is 287 g/mol. The first-order chi connectivity index (χ1) is 8.87. The summed E-state index contributed by atoms with van der Waals surface area (Å²) >= 11 is 0. The van der Waals surface area contributed by atoms with Gasteiger partial charge in [0.25, 0.3) is 0 Å². The van der Waals surface area contributed by atoms with Crippen LogP contribution in [0.1, 0.15) is 6.42 Å². The second kappa shape index (κ2) is 6.98. The Morgan fingerprint density at radius 2 is 1.89 bits per heavy atom. The molecule has 0 amide bonds. The van der Waals surface area contributed by atoms with Gasteiger partial charge in [-0.3, -0.25) is 0 Å². The predicted molar refractivity (Wildman–Crippen MR) is 71.6 cm³/mol. The van der Waals surface area contributed by atoms with Gasteiger partial charge < -0.3 is 15.2 Å². The van der Waals surface area contributed by atoms with Gasteiger partial charge in [0.05, 0.1) is 12.4 Å². The van der Waals surface area contributed by atoms with E-state index < -0.39 is 15.8 Å². The van der Waals surface area contributed by atoms with E-state index in [0.717, 1.165) is 6.26 Å². The van der Waals surface area contributed by atoms with Crippen LogP contribution in [0.2, 0.25) is 0 Å². The summed E-state index contributed by atoms with van der Waals surface area (Å²) in [5.74, 6) is -0.0216. The summed E-state index contributed by atoms with van der Waals surface area (Å²) in [5, 5.41) is 0. The molecule has 19 heavy (non-hydrogen) atoms. The number of nitrogens with two attached hydrogens (primary N) is 1. The number of ether oxygens (including phenoxy) is 2. The Hall–Kier alpha value is -1.76. The molecule has 0 saturated carbocycles. The predicted octanol–water partition coefficient (Wildman–Crippen LogP) is 0.625. The molecule has 0 atom stereocenters. The molecule has 0 heterocycles. The zero-order valence-corrected chi connectivity index (χ0v) is 11.5. The van der Waals surface area contributed by atoms with E-state index in [1.807, 2.05) is 0 Å². The van der Waals surface area contributed by atoms with E-state index in [9.17, 15) is 13.2 Å². The normalized spacial score (nSPS) is 11.0. The lowest BCUT2D eigenvalue weighted by Crippen LogP contribution is -2.16. The SMILES string of the molecule is CS(=O)(=O)CCCOC(=O)COc1ccc(N)cc1. The van der Waals surface area contributed by atoms with Crippen LogP contribution < -0.4 is 10.5 Å². The van der Waals surface area contributed by atoms with Crippen LogP contribution in [0.4, 0.5) is 5.69 Å². The van der Waals surface area contributed by atoms with Gasteiger partial charge in [-0.05, 0) is 30.7 Å². The molecule has 0 bridgehead atoms. The van der Waals surface area contributed by atoms with Gasteiger partial charge in [0, 0.05) is 11.9 Å². The summed E-state index contributed by atoms with van der Waals surface area (Å²) in [4.78, 5) is 11.3. The molecule has 0 aromatic heterocycles. The third-order valence-corrected chi connectivity index (χ3v) is 3.19. The van der Waals surface area contributed by atoms with Gasteiger partial charge in [0.1, 0.15) is 15.6 Å². The van der Waals surface area contributed by atoms with Crippen LogP contribution in [-0.2, 0) is 19.4 Å². The maximum Gasteiger partial charge on any atom is 0.344 e. The topological polar surface area (TPSA) is 95.7 Å². The number of carbonyl (C=O) groups is 1. The molecule has 0 radical (unpaired) electrons. The molecule has 7 heteroatoms. The molecule has 0 aliphatic rings. The van der Waals surface area contributed by atoms with E-state index in [1.165, 1.54) is 0 Å². The summed E-state index contributed by atoms with van der Waals surface area (Å²) in [6, 6.07) is 6.61. The average Bonchev–Trinajstić information content (AvgIpc) is 2.33. The van der Waals surface area contributed by atoms with Crippen molar-refractivity contribution in [2.45, 2.75) is 6.42 Å². The lowest BCUT2D eigenvalue weighted by molar-refractivity contribution is -0.146. The largest absolute Gasteiger partial charge is 0.482 e. The average molecular weight is 287 g/mol. The smallest absolute Gasteiger partial charge is 0.344 e. The molecule has 1 aromatic rings. The number of hydrogen-bond acceptors (Lipinski definition) is 6. The molecule has 1 rings (SSSR count). The molecule has 0 fully saturated rings. The third-order valence-electron chi connectivity index (χ3n) is 2.16. The first kappa shape index (κ1) is 15.3. The van der Waals surface area contributed by atoms with Gasteiger partial charge in [0.2, 0.25) is 0 Å². The summed E-state index contributed by atoms with van der Waals surface area (Å²) in [6.07, 6.45) is 1.42. The number of carbonyl (C=O) groups excluding carboxylic acids is 1. The van der Waals surface area contributed by atoms with Gasteiger partial charge in [-0.2, -0.15) is 0 Å². The Labute approximate surface area is 112 Å². The van der Waals surface area contributed by atoms with Crippen molar-refractivity contribution in [3.63, 3.8) is 0 Å². The summed E-state index contributed by atoms with van der Waals surface area (Å²) in [7, 11) is -3.02. The van der Waals surface area contributed by atoms with Gasteiger partial charge in [0.15, 0.2) is 6.61 Å². The van der Waals surface area contributed by atoms with E-state index in [2.05, 4.69) is 0 Å². The fourth-order valence-electron chi connectivity index (χ4n) is 1.26. The van der Waals surface area contributed by atoms with E-state index >= 15 is 0 Å². The number of benzene rings is 1. The first-order valence-electron chi connectivity index (χ1n) is 5.68. The van der Waals surface area contributed by atoms with Gasteiger partial charge in [-0.25, -0.2) is 13.2 Å². The van der Waals surface area contributed by atoms with E-state index in [1.54, 1.807) is 24.3 Å². The lowest BCUT2D eigenvalue weighted by Gasteiger charge is -2.07. The Bertz CT molecular complexity index is 509. The number of rotatable bonds is 7. The fourth-order valence-corrected chi connectivity index (χ4v) is 1.90. The molecule has 1 aromatic carbocycles. The molecular weight excluding hydrogens is 270 g/mol. The highest BCUT2D eigenvalue weighted by molar-refractivity contribution is 7.90. The number of esters is 1. The third kappa shape index (κ3) is 7.30. The second-order valence-electron chi connectivity index (χ2n) is 4.06. The molecule has 0 saturated heterocycles. The Kier molecular flexibility index (Phi) is 5.62. The van der Waals surface area contributed by atoms with Crippen molar-refractivity contribution >= 4 is 21.5 Å². The van der Waals surface area contributed by atoms with Crippen LogP contribution in [0.25, 0.3) is 0 Å². The maximum absolute atomic E-state index is 11.3. The number of anilines is 1. The fraction of sp³-hybridized carbons (Fsp3) is 0.417. The number of nitrogen functional groups attached to an aromatic ring is 1. The summed E-state index contributed by atoms with van der Waals surface area (Å²) < 4.78 is 31.7. The van der Waals surface area contributed by atoms with Crippen molar-refractivity contribution < 1.29 is 22.7 Å². The van der Waals surface area contributed by atoms with Crippen LogP contribution in [-0.4, -0.2) is 39.6 Å². The van der Waals surface area contributed by atoms with E-state index in [0.29, 0.717) is 11.4 Å².